The highest BCUT2D eigenvalue weighted by molar-refractivity contribution is 9.10. The van der Waals surface area contributed by atoms with E-state index in [0.717, 1.165) is 33.9 Å². The van der Waals surface area contributed by atoms with Crippen LogP contribution in [0.1, 0.15) is 12.1 Å². The lowest BCUT2D eigenvalue weighted by Crippen LogP contribution is -2.40. The molecule has 2 N–H and O–H groups in total. The maximum absolute atomic E-state index is 12.3. The third-order valence-electron chi connectivity index (χ3n) is 3.58. The number of hydrogen-bond acceptors (Lipinski definition) is 4. The molecule has 1 fully saturated rings. The number of carbonyl (C=O) groups excluding carboxylic acids is 1. The quantitative estimate of drug-likeness (QED) is 0.779. The molecule has 1 aromatic carbocycles. The molecule has 1 atom stereocenters. The standard InChI is InChI=1S/C16H19BrN4OS.ClH/c1-11-7-15(19-16(22)9-13-10-23-6-5-18-13)21(20-11)14-4-2-3-12(17)8-14;/h2-4,7-8,13,18H,5-6,9-10H2,1H3,(H,19,22);1H. The number of nitrogens with zero attached hydrogens (tertiary/aromatic N) is 2. The minimum absolute atomic E-state index is 0. The second-order valence-corrected chi connectivity index (χ2v) is 7.61. The largest absolute Gasteiger partial charge is 0.312 e. The van der Waals surface area contributed by atoms with Crippen LogP contribution in [0.3, 0.4) is 0 Å². The highest BCUT2D eigenvalue weighted by atomic mass is 79.9. The van der Waals surface area contributed by atoms with Gasteiger partial charge in [0.2, 0.25) is 5.91 Å². The Kier molecular flexibility index (Phi) is 7.16. The first-order valence-electron chi connectivity index (χ1n) is 7.55. The minimum Gasteiger partial charge on any atom is -0.312 e. The van der Waals surface area contributed by atoms with Crippen molar-refractivity contribution in [3.63, 3.8) is 0 Å². The van der Waals surface area contributed by atoms with Crippen LogP contribution in [0, 0.1) is 6.92 Å². The van der Waals surface area contributed by atoms with Gasteiger partial charge in [0, 0.05) is 41.1 Å². The van der Waals surface area contributed by atoms with Crippen LogP contribution in [-0.2, 0) is 4.79 Å². The van der Waals surface area contributed by atoms with E-state index in [2.05, 4.69) is 31.7 Å². The van der Waals surface area contributed by atoms with Crippen LogP contribution in [0.2, 0.25) is 0 Å². The molecule has 8 heteroatoms. The van der Waals surface area contributed by atoms with Gasteiger partial charge in [0.1, 0.15) is 5.82 Å². The summed E-state index contributed by atoms with van der Waals surface area (Å²) >= 11 is 5.36. The third kappa shape index (κ3) is 4.99. The number of carbonyl (C=O) groups is 1. The molecule has 1 amide bonds. The van der Waals surface area contributed by atoms with E-state index in [0.29, 0.717) is 12.2 Å². The number of aryl methyl sites for hydroxylation is 1. The topological polar surface area (TPSA) is 59.0 Å². The molecule has 1 aliphatic rings. The molecular formula is C16H20BrClN4OS. The number of amides is 1. The van der Waals surface area contributed by atoms with Crippen molar-refractivity contribution < 1.29 is 4.79 Å². The van der Waals surface area contributed by atoms with Crippen molar-refractivity contribution in [1.82, 2.24) is 15.1 Å². The van der Waals surface area contributed by atoms with Crippen LogP contribution in [0.5, 0.6) is 0 Å². The molecule has 1 aromatic heterocycles. The minimum atomic E-state index is 0. The molecular weight excluding hydrogens is 412 g/mol. The van der Waals surface area contributed by atoms with Gasteiger partial charge >= 0.3 is 0 Å². The molecule has 2 aromatic rings. The van der Waals surface area contributed by atoms with Crippen LogP contribution in [0.15, 0.2) is 34.8 Å². The summed E-state index contributed by atoms with van der Waals surface area (Å²) in [6, 6.07) is 9.99. The van der Waals surface area contributed by atoms with Crippen LogP contribution < -0.4 is 10.6 Å². The summed E-state index contributed by atoms with van der Waals surface area (Å²) in [4.78, 5) is 12.3. The van der Waals surface area contributed by atoms with Gasteiger partial charge in [-0.15, -0.1) is 12.4 Å². The average Bonchev–Trinajstić information content (AvgIpc) is 2.88. The molecule has 1 aliphatic heterocycles. The van der Waals surface area contributed by atoms with Gasteiger partial charge in [-0.2, -0.15) is 16.9 Å². The lowest BCUT2D eigenvalue weighted by molar-refractivity contribution is -0.116. The number of nitrogens with one attached hydrogen (secondary N) is 2. The van der Waals surface area contributed by atoms with E-state index < -0.39 is 0 Å². The van der Waals surface area contributed by atoms with Crippen LogP contribution in [-0.4, -0.2) is 39.8 Å². The molecule has 24 heavy (non-hydrogen) atoms. The first-order valence-corrected chi connectivity index (χ1v) is 9.50. The van der Waals surface area contributed by atoms with E-state index in [4.69, 9.17) is 0 Å². The Morgan fingerprint density at radius 3 is 3.04 bits per heavy atom. The van der Waals surface area contributed by atoms with Crippen molar-refractivity contribution in [3.05, 3.63) is 40.5 Å². The molecule has 5 nitrogen and oxygen atoms in total. The fourth-order valence-corrected chi connectivity index (χ4v) is 3.90. The van der Waals surface area contributed by atoms with Gasteiger partial charge in [-0.3, -0.25) is 4.79 Å². The smallest absolute Gasteiger partial charge is 0.227 e. The van der Waals surface area contributed by atoms with Crippen molar-refractivity contribution >= 4 is 51.8 Å². The zero-order valence-electron chi connectivity index (χ0n) is 13.3. The third-order valence-corrected chi connectivity index (χ3v) is 5.21. The van der Waals surface area contributed by atoms with Crippen molar-refractivity contribution in [1.29, 1.82) is 0 Å². The Morgan fingerprint density at radius 1 is 1.50 bits per heavy atom. The van der Waals surface area contributed by atoms with Gasteiger partial charge in [0.15, 0.2) is 0 Å². The van der Waals surface area contributed by atoms with Crippen molar-refractivity contribution in [2.45, 2.75) is 19.4 Å². The molecule has 0 saturated carbocycles. The maximum atomic E-state index is 12.3. The number of anilines is 1. The molecule has 0 aliphatic carbocycles. The predicted octanol–water partition coefficient (Wildman–Crippen LogP) is 3.40. The SMILES string of the molecule is Cc1cc(NC(=O)CC2CSCCN2)n(-c2cccc(Br)c2)n1.Cl. The highest BCUT2D eigenvalue weighted by Gasteiger charge is 2.18. The van der Waals surface area contributed by atoms with Gasteiger partial charge in [0.05, 0.1) is 11.4 Å². The summed E-state index contributed by atoms with van der Waals surface area (Å²) in [6.07, 6.45) is 0.482. The fourth-order valence-electron chi connectivity index (χ4n) is 2.56. The lowest BCUT2D eigenvalue weighted by atomic mass is 10.2. The summed E-state index contributed by atoms with van der Waals surface area (Å²) in [7, 11) is 0. The van der Waals surface area contributed by atoms with Gasteiger partial charge in [-0.05, 0) is 25.1 Å². The molecule has 1 unspecified atom stereocenters. The first kappa shape index (κ1) is 19.3. The predicted molar refractivity (Wildman–Crippen MR) is 106 cm³/mol. The van der Waals surface area contributed by atoms with E-state index in [9.17, 15) is 4.79 Å². The van der Waals surface area contributed by atoms with E-state index >= 15 is 0 Å². The van der Waals surface area contributed by atoms with E-state index in [1.165, 1.54) is 0 Å². The van der Waals surface area contributed by atoms with E-state index in [-0.39, 0.29) is 24.4 Å². The number of halogens is 2. The van der Waals surface area contributed by atoms with E-state index in [1.54, 1.807) is 4.68 Å². The summed E-state index contributed by atoms with van der Waals surface area (Å²) in [6.45, 7) is 2.89. The summed E-state index contributed by atoms with van der Waals surface area (Å²) in [5.41, 5.74) is 1.78. The van der Waals surface area contributed by atoms with E-state index in [1.807, 2.05) is 49.0 Å². The van der Waals surface area contributed by atoms with Crippen molar-refractivity contribution in [3.8, 4) is 5.69 Å². The lowest BCUT2D eigenvalue weighted by Gasteiger charge is -2.22. The van der Waals surface area contributed by atoms with Crippen molar-refractivity contribution in [2.75, 3.05) is 23.4 Å². The monoisotopic (exact) mass is 430 g/mol. The number of thioether (sulfide) groups is 1. The number of aromatic nitrogens is 2. The molecule has 0 spiro atoms. The van der Waals surface area contributed by atoms with Gasteiger partial charge in [0.25, 0.3) is 0 Å². The van der Waals surface area contributed by atoms with Gasteiger partial charge < -0.3 is 10.6 Å². The fraction of sp³-hybridized carbons (Fsp3) is 0.375. The van der Waals surface area contributed by atoms with Crippen LogP contribution in [0.4, 0.5) is 5.82 Å². The Labute approximate surface area is 160 Å². The van der Waals surface area contributed by atoms with Gasteiger partial charge in [-0.1, -0.05) is 22.0 Å². The summed E-state index contributed by atoms with van der Waals surface area (Å²) in [5.74, 6) is 2.82. The molecule has 2 heterocycles. The normalized spacial score (nSPS) is 17.2. The number of rotatable bonds is 4. The Morgan fingerprint density at radius 2 is 2.33 bits per heavy atom. The Bertz CT molecular complexity index is 703. The Balaban J connectivity index is 0.00000208. The molecule has 1 saturated heterocycles. The Hall–Kier alpha value is -1.02. The maximum Gasteiger partial charge on any atom is 0.227 e. The molecule has 130 valence electrons. The summed E-state index contributed by atoms with van der Waals surface area (Å²) in [5, 5.41) is 10.9. The molecule has 0 bridgehead atoms. The zero-order valence-corrected chi connectivity index (χ0v) is 16.5. The van der Waals surface area contributed by atoms with Gasteiger partial charge in [-0.25, -0.2) is 4.68 Å². The second kappa shape index (κ2) is 8.89. The second-order valence-electron chi connectivity index (χ2n) is 5.54. The highest BCUT2D eigenvalue weighted by Crippen LogP contribution is 2.21. The van der Waals surface area contributed by atoms with Crippen molar-refractivity contribution in [2.24, 2.45) is 0 Å². The first-order chi connectivity index (χ1) is 11.1. The zero-order chi connectivity index (χ0) is 16.2. The number of hydrogen-bond donors (Lipinski definition) is 2. The van der Waals surface area contributed by atoms with Crippen LogP contribution >= 0.6 is 40.1 Å². The number of benzene rings is 1. The molecule has 0 radical (unpaired) electrons. The average molecular weight is 432 g/mol. The summed E-state index contributed by atoms with van der Waals surface area (Å²) < 4.78 is 2.74. The van der Waals surface area contributed by atoms with Crippen LogP contribution in [0.25, 0.3) is 5.69 Å². The molecule has 3 rings (SSSR count).